The molecule has 3 rings (SSSR count). The summed E-state index contributed by atoms with van der Waals surface area (Å²) in [5.74, 6) is -0.0256. The van der Waals surface area contributed by atoms with E-state index in [1.807, 2.05) is 18.2 Å². The summed E-state index contributed by atoms with van der Waals surface area (Å²) in [5, 5.41) is 3.19. The number of aromatic amines is 1. The third-order valence-corrected chi connectivity index (χ3v) is 5.37. The van der Waals surface area contributed by atoms with Crippen molar-refractivity contribution in [3.05, 3.63) is 30.1 Å². The maximum Gasteiger partial charge on any atom is 0.251 e. The van der Waals surface area contributed by atoms with Gasteiger partial charge in [0.1, 0.15) is 0 Å². The summed E-state index contributed by atoms with van der Waals surface area (Å²) in [4.78, 5) is 19.8. The lowest BCUT2D eigenvalue weighted by Gasteiger charge is -2.55. The normalized spacial score (nSPS) is 23.2. The zero-order chi connectivity index (χ0) is 15.7. The van der Waals surface area contributed by atoms with Crippen LogP contribution in [0.15, 0.2) is 24.5 Å². The van der Waals surface area contributed by atoms with Crippen molar-refractivity contribution in [2.24, 2.45) is 5.41 Å². The van der Waals surface area contributed by atoms with E-state index in [4.69, 9.17) is 4.74 Å². The topological polar surface area (TPSA) is 67.0 Å². The van der Waals surface area contributed by atoms with Crippen LogP contribution >= 0.6 is 0 Å². The second kappa shape index (κ2) is 5.72. The number of benzene rings is 1. The number of H-pyrrole nitrogens is 1. The summed E-state index contributed by atoms with van der Waals surface area (Å²) in [6.07, 6.45) is 4.78. The monoisotopic (exact) mass is 301 g/mol. The first-order valence-corrected chi connectivity index (χ1v) is 7.91. The highest BCUT2D eigenvalue weighted by Gasteiger charge is 2.53. The third-order valence-electron chi connectivity index (χ3n) is 5.37. The number of aromatic nitrogens is 2. The maximum atomic E-state index is 12.5. The Balaban J connectivity index is 1.76. The molecule has 1 aliphatic carbocycles. The molecule has 1 saturated carbocycles. The lowest BCUT2D eigenvalue weighted by molar-refractivity contribution is -0.120. The molecular weight excluding hydrogens is 278 g/mol. The number of rotatable bonds is 5. The van der Waals surface area contributed by atoms with Crippen LogP contribution in [-0.2, 0) is 4.74 Å². The molecule has 1 aromatic heterocycles. The van der Waals surface area contributed by atoms with E-state index >= 15 is 0 Å². The summed E-state index contributed by atoms with van der Waals surface area (Å²) >= 11 is 0. The Morgan fingerprint density at radius 3 is 2.91 bits per heavy atom. The molecule has 1 heterocycles. The van der Waals surface area contributed by atoms with Crippen LogP contribution in [0.5, 0.6) is 0 Å². The fraction of sp³-hybridized carbons (Fsp3) is 0.529. The molecular formula is C17H23N3O2. The molecule has 22 heavy (non-hydrogen) atoms. The van der Waals surface area contributed by atoms with E-state index in [2.05, 4.69) is 29.1 Å². The fourth-order valence-corrected chi connectivity index (χ4v) is 3.80. The summed E-state index contributed by atoms with van der Waals surface area (Å²) in [5.41, 5.74) is 2.48. The van der Waals surface area contributed by atoms with Crippen molar-refractivity contribution in [2.45, 2.75) is 45.3 Å². The zero-order valence-corrected chi connectivity index (χ0v) is 13.3. The highest BCUT2D eigenvalue weighted by molar-refractivity contribution is 5.97. The molecule has 5 nitrogen and oxygen atoms in total. The number of nitrogens with one attached hydrogen (secondary N) is 2. The van der Waals surface area contributed by atoms with E-state index in [0.29, 0.717) is 5.56 Å². The van der Waals surface area contributed by atoms with Crippen LogP contribution < -0.4 is 5.32 Å². The zero-order valence-electron chi connectivity index (χ0n) is 13.3. The second-order valence-corrected chi connectivity index (χ2v) is 6.06. The van der Waals surface area contributed by atoms with Crippen LogP contribution in [0.25, 0.3) is 11.0 Å². The van der Waals surface area contributed by atoms with E-state index in [0.717, 1.165) is 30.3 Å². The summed E-state index contributed by atoms with van der Waals surface area (Å²) in [6, 6.07) is 5.72. The van der Waals surface area contributed by atoms with Gasteiger partial charge in [0, 0.05) is 24.1 Å². The Hall–Kier alpha value is -1.88. The van der Waals surface area contributed by atoms with Gasteiger partial charge >= 0.3 is 0 Å². The van der Waals surface area contributed by atoms with Gasteiger partial charge in [0.05, 0.1) is 23.5 Å². The Morgan fingerprint density at radius 1 is 1.45 bits per heavy atom. The van der Waals surface area contributed by atoms with Crippen molar-refractivity contribution >= 4 is 16.9 Å². The Kier molecular flexibility index (Phi) is 3.91. The predicted octanol–water partition coefficient (Wildman–Crippen LogP) is 2.89. The van der Waals surface area contributed by atoms with Crippen molar-refractivity contribution in [3.8, 4) is 0 Å². The number of nitrogens with zero attached hydrogens (tertiary/aromatic N) is 1. The first-order chi connectivity index (χ1) is 10.6. The van der Waals surface area contributed by atoms with Crippen LogP contribution in [0.3, 0.4) is 0 Å². The van der Waals surface area contributed by atoms with Crippen molar-refractivity contribution in [1.29, 1.82) is 0 Å². The molecule has 2 N–H and O–H groups in total. The van der Waals surface area contributed by atoms with E-state index in [1.54, 1.807) is 13.4 Å². The molecule has 1 aliphatic rings. The number of ether oxygens (including phenoxy) is 1. The Labute approximate surface area is 130 Å². The fourth-order valence-electron chi connectivity index (χ4n) is 3.80. The number of hydrogen-bond acceptors (Lipinski definition) is 3. The quantitative estimate of drug-likeness (QED) is 0.892. The average molecular weight is 301 g/mol. The lowest BCUT2D eigenvalue weighted by Crippen LogP contribution is -2.64. The molecule has 118 valence electrons. The maximum absolute atomic E-state index is 12.5. The molecule has 0 bridgehead atoms. The Bertz CT molecular complexity index is 675. The van der Waals surface area contributed by atoms with E-state index < -0.39 is 0 Å². The van der Waals surface area contributed by atoms with Gasteiger partial charge in [0.15, 0.2) is 0 Å². The largest absolute Gasteiger partial charge is 0.381 e. The number of methoxy groups -OCH3 is 1. The van der Waals surface area contributed by atoms with Gasteiger partial charge in [0.25, 0.3) is 5.91 Å². The van der Waals surface area contributed by atoms with Crippen LogP contribution in [0.1, 0.15) is 43.5 Å². The Morgan fingerprint density at radius 2 is 2.23 bits per heavy atom. The minimum atomic E-state index is -0.0256. The molecule has 5 heteroatoms. The number of imidazole rings is 1. The third kappa shape index (κ3) is 2.20. The van der Waals surface area contributed by atoms with Gasteiger partial charge in [-0.2, -0.15) is 0 Å². The number of hydrogen-bond donors (Lipinski definition) is 2. The predicted molar refractivity (Wildman–Crippen MR) is 85.8 cm³/mol. The molecule has 1 amide bonds. The van der Waals surface area contributed by atoms with Gasteiger partial charge < -0.3 is 15.0 Å². The second-order valence-electron chi connectivity index (χ2n) is 6.06. The highest BCUT2D eigenvalue weighted by atomic mass is 16.5. The van der Waals surface area contributed by atoms with Gasteiger partial charge in [0.2, 0.25) is 0 Å². The SMILES string of the molecule is CCC1(CC)[C@H](NC(=O)c2ccc3nc[nH]c3c2)C[C@H]1OC. The number of amides is 1. The number of carbonyl (C=O) groups is 1. The highest BCUT2D eigenvalue weighted by Crippen LogP contribution is 2.48. The molecule has 2 atom stereocenters. The molecule has 0 spiro atoms. The van der Waals surface area contributed by atoms with E-state index in [9.17, 15) is 4.79 Å². The summed E-state index contributed by atoms with van der Waals surface area (Å²) < 4.78 is 5.58. The smallest absolute Gasteiger partial charge is 0.251 e. The molecule has 1 fully saturated rings. The minimum Gasteiger partial charge on any atom is -0.381 e. The summed E-state index contributed by atoms with van der Waals surface area (Å²) in [6.45, 7) is 4.34. The van der Waals surface area contributed by atoms with Crippen LogP contribution in [0.2, 0.25) is 0 Å². The number of fused-ring (bicyclic) bond motifs is 1. The first kappa shape index (κ1) is 15.0. The van der Waals surface area contributed by atoms with Crippen LogP contribution in [-0.4, -0.2) is 35.1 Å². The molecule has 0 radical (unpaired) electrons. The van der Waals surface area contributed by atoms with E-state index in [1.165, 1.54) is 0 Å². The molecule has 1 aromatic carbocycles. The van der Waals surface area contributed by atoms with Gasteiger partial charge in [-0.05, 0) is 37.5 Å². The lowest BCUT2D eigenvalue weighted by atomic mass is 9.58. The minimum absolute atomic E-state index is 0.0256. The molecule has 0 aliphatic heterocycles. The molecule has 0 saturated heterocycles. The number of carbonyl (C=O) groups excluding carboxylic acids is 1. The van der Waals surface area contributed by atoms with Gasteiger partial charge in [-0.1, -0.05) is 13.8 Å². The van der Waals surface area contributed by atoms with E-state index in [-0.39, 0.29) is 23.5 Å². The van der Waals surface area contributed by atoms with Crippen LogP contribution in [0, 0.1) is 5.41 Å². The van der Waals surface area contributed by atoms with Gasteiger partial charge in [-0.15, -0.1) is 0 Å². The summed E-state index contributed by atoms with van der Waals surface area (Å²) in [7, 11) is 1.76. The van der Waals surface area contributed by atoms with Crippen LogP contribution in [0.4, 0.5) is 0 Å². The van der Waals surface area contributed by atoms with Crippen molar-refractivity contribution in [1.82, 2.24) is 15.3 Å². The van der Waals surface area contributed by atoms with Crippen molar-refractivity contribution in [3.63, 3.8) is 0 Å². The van der Waals surface area contributed by atoms with Gasteiger partial charge in [-0.3, -0.25) is 4.79 Å². The molecule has 0 unspecified atom stereocenters. The average Bonchev–Trinajstić information content (AvgIpc) is 2.99. The van der Waals surface area contributed by atoms with Crippen molar-refractivity contribution < 1.29 is 9.53 Å². The standard InChI is InChI=1S/C17H23N3O2/c1-4-17(5-2)14(9-15(17)22-3)20-16(21)11-6-7-12-13(8-11)19-10-18-12/h6-8,10,14-15H,4-5,9H2,1-3H3,(H,18,19)(H,20,21)/t14-,15-/m1/s1. The van der Waals surface area contributed by atoms with Crippen molar-refractivity contribution in [2.75, 3.05) is 7.11 Å². The van der Waals surface area contributed by atoms with Gasteiger partial charge in [-0.25, -0.2) is 4.98 Å². The first-order valence-electron chi connectivity index (χ1n) is 7.91. The molecule has 2 aromatic rings.